The Morgan fingerprint density at radius 3 is 2.26 bits per heavy atom. The van der Waals surface area contributed by atoms with Crippen LogP contribution in [0.2, 0.25) is 0 Å². The van der Waals surface area contributed by atoms with Gasteiger partial charge in [0.25, 0.3) is 0 Å². The molecule has 1 heterocycles. The van der Waals surface area contributed by atoms with Gasteiger partial charge in [0, 0.05) is 0 Å². The number of allylic oxidation sites excluding steroid dienone is 2. The molecule has 23 heavy (non-hydrogen) atoms. The number of hydrogen-bond donors (Lipinski definition) is 0. The fourth-order valence-electron chi connectivity index (χ4n) is 3.01. The molecule has 1 atom stereocenters. The van der Waals surface area contributed by atoms with Crippen LogP contribution in [-0.4, -0.2) is 4.98 Å². The first-order chi connectivity index (χ1) is 9.90. The van der Waals surface area contributed by atoms with Crippen molar-refractivity contribution in [2.45, 2.75) is 31.5 Å². The fraction of sp³-hybridized carbons (Fsp3) is 0.316. The van der Waals surface area contributed by atoms with E-state index in [1.807, 2.05) is 12.3 Å². The minimum absolute atomic E-state index is 0. The third-order valence-corrected chi connectivity index (χ3v) is 4.78. The summed E-state index contributed by atoms with van der Waals surface area (Å²) in [7, 11) is 0. The van der Waals surface area contributed by atoms with Gasteiger partial charge in [-0.1, -0.05) is 0 Å². The van der Waals surface area contributed by atoms with Crippen molar-refractivity contribution in [3.8, 4) is 0 Å². The molecule has 0 radical (unpaired) electrons. The van der Waals surface area contributed by atoms with Gasteiger partial charge in [-0.2, -0.15) is 0 Å². The molecule has 1 aliphatic rings. The maximum absolute atomic E-state index is 4.50. The third-order valence-electron chi connectivity index (χ3n) is 4.03. The van der Waals surface area contributed by atoms with Gasteiger partial charge in [0.15, 0.2) is 0 Å². The first kappa shape index (κ1) is 20.3. The van der Waals surface area contributed by atoms with Crippen LogP contribution in [0.5, 0.6) is 0 Å². The molecule has 1 aliphatic carbocycles. The maximum atomic E-state index is 4.50. The number of hydrogen-bond acceptors (Lipinski definition) is 1. The summed E-state index contributed by atoms with van der Waals surface area (Å²) in [6.07, 6.45) is 5.17. The number of benzene rings is 1. The van der Waals surface area contributed by atoms with Crippen molar-refractivity contribution in [1.29, 1.82) is 0 Å². The van der Waals surface area contributed by atoms with Gasteiger partial charge in [0.1, 0.15) is 0 Å². The van der Waals surface area contributed by atoms with Crippen molar-refractivity contribution < 1.29 is 41.1 Å². The van der Waals surface area contributed by atoms with Crippen LogP contribution in [0.15, 0.2) is 54.7 Å². The van der Waals surface area contributed by atoms with E-state index in [-0.39, 0.29) is 34.5 Å². The van der Waals surface area contributed by atoms with Crippen molar-refractivity contribution in [3.63, 3.8) is 0 Å². The Morgan fingerprint density at radius 2 is 1.65 bits per heavy atom. The SMILES string of the molecule is CC(C)(C)C1=C[C]([Cr+2])(Cc2ccccn2)c2ccccc21.[Cl-].[Cl-]. The van der Waals surface area contributed by atoms with Crippen molar-refractivity contribution in [1.82, 2.24) is 4.98 Å². The van der Waals surface area contributed by atoms with E-state index in [2.05, 4.69) is 84.5 Å². The molecule has 0 N–H and O–H groups in total. The monoisotopic (exact) mass is 384 g/mol. The third kappa shape index (κ3) is 4.01. The Labute approximate surface area is 159 Å². The summed E-state index contributed by atoms with van der Waals surface area (Å²) in [6.45, 7) is 6.84. The van der Waals surface area contributed by atoms with Gasteiger partial charge in [-0.25, -0.2) is 0 Å². The van der Waals surface area contributed by atoms with Gasteiger partial charge < -0.3 is 24.8 Å². The predicted molar refractivity (Wildman–Crippen MR) is 83.5 cm³/mol. The largest absolute Gasteiger partial charge is 1.00 e. The normalized spacial score (nSPS) is 19.1. The quantitative estimate of drug-likeness (QED) is 0.615. The zero-order valence-electron chi connectivity index (χ0n) is 13.5. The van der Waals surface area contributed by atoms with Gasteiger partial charge in [-0.05, 0) is 0 Å². The summed E-state index contributed by atoms with van der Waals surface area (Å²) in [5, 5.41) is 0. The van der Waals surface area contributed by atoms with Crippen LogP contribution in [-0.2, 0) is 27.0 Å². The van der Waals surface area contributed by atoms with Crippen molar-refractivity contribution >= 4 is 5.57 Å². The van der Waals surface area contributed by atoms with E-state index in [1.54, 1.807) is 0 Å². The van der Waals surface area contributed by atoms with Crippen LogP contribution >= 0.6 is 0 Å². The second-order valence-corrected chi connectivity index (χ2v) is 7.88. The molecule has 2 aromatic rings. The summed E-state index contributed by atoms with van der Waals surface area (Å²) < 4.78 is -0.0897. The second kappa shape index (κ2) is 7.41. The molecule has 121 valence electrons. The van der Waals surface area contributed by atoms with Gasteiger partial charge in [-0.3, -0.25) is 0 Å². The van der Waals surface area contributed by atoms with Crippen molar-refractivity contribution in [2.24, 2.45) is 5.41 Å². The molecule has 0 fully saturated rings. The molecule has 0 bridgehead atoms. The molecule has 4 heteroatoms. The average Bonchev–Trinajstić information content (AvgIpc) is 2.74. The second-order valence-electron chi connectivity index (χ2n) is 6.74. The van der Waals surface area contributed by atoms with Gasteiger partial charge in [0.2, 0.25) is 0 Å². The molecular formula is C19H20Cl2CrN. The fourth-order valence-corrected chi connectivity index (χ4v) is 3.71. The molecule has 0 saturated heterocycles. The van der Waals surface area contributed by atoms with Crippen LogP contribution in [0.3, 0.4) is 0 Å². The van der Waals surface area contributed by atoms with E-state index in [4.69, 9.17) is 0 Å². The Balaban J connectivity index is 0.00000132. The first-order valence-corrected chi connectivity index (χ1v) is 7.97. The summed E-state index contributed by atoms with van der Waals surface area (Å²) in [5.74, 6) is 0. The Morgan fingerprint density at radius 1 is 1.00 bits per heavy atom. The van der Waals surface area contributed by atoms with E-state index < -0.39 is 0 Å². The Kier molecular flexibility index (Phi) is 6.53. The van der Waals surface area contributed by atoms with Gasteiger partial charge >= 0.3 is 135 Å². The zero-order chi connectivity index (χ0) is 15.1. The molecule has 1 unspecified atom stereocenters. The number of rotatable bonds is 2. The molecule has 0 amide bonds. The Hall–Kier alpha value is -0.778. The smallest absolute Gasteiger partial charge is 1.00 e. The summed E-state index contributed by atoms with van der Waals surface area (Å²) >= 11 is 3.44. The van der Waals surface area contributed by atoms with E-state index in [0.717, 1.165) is 12.1 Å². The van der Waals surface area contributed by atoms with Crippen LogP contribution in [0.1, 0.15) is 37.6 Å². The molecule has 0 aliphatic heterocycles. The molecule has 1 nitrogen and oxygen atoms in total. The summed E-state index contributed by atoms with van der Waals surface area (Å²) in [6, 6.07) is 14.9. The predicted octanol–water partition coefficient (Wildman–Crippen LogP) is -1.48. The van der Waals surface area contributed by atoms with Crippen LogP contribution in [0.25, 0.3) is 5.57 Å². The molecular weight excluding hydrogens is 365 g/mol. The summed E-state index contributed by atoms with van der Waals surface area (Å²) in [5.41, 5.74) is 5.44. The van der Waals surface area contributed by atoms with E-state index in [9.17, 15) is 0 Å². The first-order valence-electron chi connectivity index (χ1n) is 7.34. The maximum Gasteiger partial charge on any atom is -1.00 e. The minimum atomic E-state index is -0.0897. The average molecular weight is 385 g/mol. The topological polar surface area (TPSA) is 12.9 Å². The van der Waals surface area contributed by atoms with Gasteiger partial charge in [-0.15, -0.1) is 0 Å². The number of pyridine rings is 1. The molecule has 3 rings (SSSR count). The van der Waals surface area contributed by atoms with Crippen molar-refractivity contribution in [3.05, 3.63) is 71.6 Å². The van der Waals surface area contributed by atoms with E-state index in [1.165, 1.54) is 16.7 Å². The molecule has 0 saturated carbocycles. The summed E-state index contributed by atoms with van der Waals surface area (Å²) in [4.78, 5) is 4.50. The number of aromatic nitrogens is 1. The minimum Gasteiger partial charge on any atom is -1.00 e. The molecule has 1 aromatic carbocycles. The molecule has 1 aromatic heterocycles. The zero-order valence-corrected chi connectivity index (χ0v) is 16.3. The number of fused-ring (bicyclic) bond motifs is 1. The molecule has 0 spiro atoms. The number of nitrogens with zero attached hydrogens (tertiary/aromatic N) is 1. The number of halogens is 2. The van der Waals surface area contributed by atoms with E-state index in [0.29, 0.717) is 0 Å². The van der Waals surface area contributed by atoms with Gasteiger partial charge in [0.05, 0.1) is 0 Å². The van der Waals surface area contributed by atoms with Crippen LogP contribution < -0.4 is 24.8 Å². The van der Waals surface area contributed by atoms with E-state index >= 15 is 0 Å². The van der Waals surface area contributed by atoms with Crippen LogP contribution in [0, 0.1) is 5.41 Å². The van der Waals surface area contributed by atoms with Crippen LogP contribution in [0.4, 0.5) is 0 Å². The Bertz CT molecular complexity index is 692. The van der Waals surface area contributed by atoms with Crippen molar-refractivity contribution in [2.75, 3.05) is 0 Å². The standard InChI is InChI=1S/C19H20N.2ClH.Cr/c1-19(2,3)18-13-14(12-15-8-6-7-11-20-15)16-9-4-5-10-17(16)18;;;/h4-11,13H,12H2,1-3H3;2*1H;/q;;;+2/p-2.